The molecule has 3 aromatic rings. The van der Waals surface area contributed by atoms with Gasteiger partial charge in [0.05, 0.1) is 18.4 Å². The van der Waals surface area contributed by atoms with Crippen LogP contribution in [0.2, 0.25) is 5.28 Å². The number of rotatable bonds is 5. The molecule has 0 aromatic carbocycles. The summed E-state index contributed by atoms with van der Waals surface area (Å²) in [5.74, 6) is 1.19. The van der Waals surface area contributed by atoms with Crippen molar-refractivity contribution in [3.05, 3.63) is 45.9 Å². The maximum Gasteiger partial charge on any atom is 0.292 e. The Hall–Kier alpha value is -2.19. The predicted octanol–water partition coefficient (Wildman–Crippen LogP) is 2.49. The van der Waals surface area contributed by atoms with Crippen LogP contribution in [0, 0.1) is 0 Å². The lowest BCUT2D eigenvalue weighted by Gasteiger charge is -2.06. The fourth-order valence-corrected chi connectivity index (χ4v) is 2.69. The summed E-state index contributed by atoms with van der Waals surface area (Å²) >= 11 is 7.42. The lowest BCUT2D eigenvalue weighted by Crippen LogP contribution is -2.17. The van der Waals surface area contributed by atoms with E-state index in [-0.39, 0.29) is 16.7 Å². The monoisotopic (exact) mass is 348 g/mol. The van der Waals surface area contributed by atoms with Gasteiger partial charge in [-0.05, 0) is 29.5 Å². The van der Waals surface area contributed by atoms with Gasteiger partial charge in [0.1, 0.15) is 5.52 Å². The quantitative estimate of drug-likeness (QED) is 0.540. The highest BCUT2D eigenvalue weighted by Crippen LogP contribution is 2.16. The number of thioether (sulfide) groups is 1. The maximum atomic E-state index is 12.0. The number of nitrogens with one attached hydrogen (secondary N) is 2. The summed E-state index contributed by atoms with van der Waals surface area (Å²) < 4.78 is 0. The third-order valence-electron chi connectivity index (χ3n) is 2.96. The summed E-state index contributed by atoms with van der Waals surface area (Å²) in [5, 5.41) is 3.03. The van der Waals surface area contributed by atoms with Gasteiger partial charge in [-0.2, -0.15) is 4.98 Å². The minimum absolute atomic E-state index is 0.0601. The van der Waals surface area contributed by atoms with Gasteiger partial charge in [0.25, 0.3) is 5.56 Å². The third kappa shape index (κ3) is 3.77. The van der Waals surface area contributed by atoms with Crippen molar-refractivity contribution in [3.63, 3.8) is 0 Å². The van der Waals surface area contributed by atoms with E-state index in [2.05, 4.69) is 37.2 Å². The number of halogens is 1. The second-order valence-corrected chi connectivity index (χ2v) is 6.23. The largest absolute Gasteiger partial charge is 0.360 e. The molecule has 0 aliphatic carbocycles. The first kappa shape index (κ1) is 15.7. The molecule has 0 aliphatic heterocycles. The molecule has 118 valence electrons. The second-order valence-electron chi connectivity index (χ2n) is 4.56. The zero-order chi connectivity index (χ0) is 16.2. The number of fused-ring (bicyclic) bond motifs is 1. The van der Waals surface area contributed by atoms with Gasteiger partial charge in [0, 0.05) is 11.1 Å². The first-order valence-electron chi connectivity index (χ1n) is 6.90. The second kappa shape index (κ2) is 6.93. The smallest absolute Gasteiger partial charge is 0.292 e. The van der Waals surface area contributed by atoms with E-state index in [4.69, 9.17) is 11.6 Å². The maximum absolute atomic E-state index is 12.0. The van der Waals surface area contributed by atoms with Gasteiger partial charge in [-0.3, -0.25) is 9.78 Å². The lowest BCUT2D eigenvalue weighted by atomic mass is 10.3. The number of nitrogens with zero attached hydrogens (tertiary/aromatic N) is 4. The number of H-pyrrole nitrogens is 1. The first-order valence-corrected chi connectivity index (χ1v) is 8.26. The van der Waals surface area contributed by atoms with Crippen molar-refractivity contribution in [2.45, 2.75) is 18.4 Å². The molecule has 0 unspecified atom stereocenters. The summed E-state index contributed by atoms with van der Waals surface area (Å²) in [7, 11) is 0. The molecule has 7 nitrogen and oxygen atoms in total. The molecule has 9 heteroatoms. The summed E-state index contributed by atoms with van der Waals surface area (Å²) in [6.07, 6.45) is 3.28. The Bertz CT molecular complexity index is 883. The molecule has 0 fully saturated rings. The summed E-state index contributed by atoms with van der Waals surface area (Å²) in [6.45, 7) is 2.49. The molecular weight excluding hydrogens is 336 g/mol. The van der Waals surface area contributed by atoms with Crippen LogP contribution in [0.15, 0.2) is 34.2 Å². The molecular formula is C14H13ClN6OS. The van der Waals surface area contributed by atoms with E-state index in [0.717, 1.165) is 16.3 Å². The zero-order valence-corrected chi connectivity index (χ0v) is 13.8. The molecule has 0 spiro atoms. The first-order chi connectivity index (χ1) is 11.2. The van der Waals surface area contributed by atoms with E-state index in [0.29, 0.717) is 17.7 Å². The minimum atomic E-state index is -0.370. The molecule has 3 rings (SSSR count). The van der Waals surface area contributed by atoms with E-state index in [1.54, 1.807) is 11.8 Å². The van der Waals surface area contributed by atoms with Crippen LogP contribution >= 0.6 is 23.4 Å². The highest BCUT2D eigenvalue weighted by molar-refractivity contribution is 7.99. The van der Waals surface area contributed by atoms with Gasteiger partial charge in [-0.25, -0.2) is 9.97 Å². The van der Waals surface area contributed by atoms with Crippen LogP contribution in [-0.4, -0.2) is 30.7 Å². The van der Waals surface area contributed by atoms with Crippen molar-refractivity contribution in [2.24, 2.45) is 0 Å². The third-order valence-corrected chi connectivity index (χ3v) is 4.01. The molecule has 3 aromatic heterocycles. The van der Waals surface area contributed by atoms with Crippen LogP contribution < -0.4 is 10.9 Å². The fraction of sp³-hybridized carbons (Fsp3) is 0.214. The molecule has 2 N–H and O–H groups in total. The van der Waals surface area contributed by atoms with Crippen molar-refractivity contribution in [1.29, 1.82) is 0 Å². The van der Waals surface area contributed by atoms with Crippen LogP contribution in [0.25, 0.3) is 11.2 Å². The van der Waals surface area contributed by atoms with Crippen molar-refractivity contribution < 1.29 is 0 Å². The van der Waals surface area contributed by atoms with Gasteiger partial charge in [0.2, 0.25) is 5.28 Å². The van der Waals surface area contributed by atoms with E-state index in [9.17, 15) is 4.79 Å². The zero-order valence-electron chi connectivity index (χ0n) is 12.2. The highest BCUT2D eigenvalue weighted by atomic mass is 35.5. The Kier molecular flexibility index (Phi) is 4.73. The van der Waals surface area contributed by atoms with Crippen LogP contribution in [-0.2, 0) is 6.54 Å². The van der Waals surface area contributed by atoms with Crippen molar-refractivity contribution in [2.75, 3.05) is 11.1 Å². The van der Waals surface area contributed by atoms with E-state index in [1.165, 1.54) is 6.20 Å². The van der Waals surface area contributed by atoms with E-state index in [1.807, 2.05) is 18.3 Å². The highest BCUT2D eigenvalue weighted by Gasteiger charge is 2.07. The molecule has 0 saturated carbocycles. The lowest BCUT2D eigenvalue weighted by molar-refractivity contribution is 1.00. The van der Waals surface area contributed by atoms with Crippen molar-refractivity contribution in [3.8, 4) is 0 Å². The van der Waals surface area contributed by atoms with Gasteiger partial charge in [-0.1, -0.05) is 6.92 Å². The Labute approximate surface area is 141 Å². The SMILES string of the molecule is CCSc1ccc(CNc2nc3cnc(Cl)nc3[nH]c2=O)nc1. The predicted molar refractivity (Wildman–Crippen MR) is 90.9 cm³/mol. The molecule has 3 heterocycles. The standard InChI is InChI=1S/C14H13ClN6OS/c1-2-23-9-4-3-8(16-6-9)5-17-12-13(22)20-11-10(19-12)7-18-14(15)21-11/h3-4,6-7H,2,5H2,1H3,(H,17,19)(H,18,20,21,22). The number of hydrogen-bond donors (Lipinski definition) is 2. The Morgan fingerprint density at radius 1 is 1.26 bits per heavy atom. The summed E-state index contributed by atoms with van der Waals surface area (Å²) in [6, 6.07) is 3.93. The fourth-order valence-electron chi connectivity index (χ4n) is 1.93. The van der Waals surface area contributed by atoms with Gasteiger partial charge in [-0.15, -0.1) is 11.8 Å². The molecule has 0 radical (unpaired) electrons. The number of aromatic amines is 1. The van der Waals surface area contributed by atoms with Crippen LogP contribution in [0.4, 0.5) is 5.82 Å². The van der Waals surface area contributed by atoms with Crippen LogP contribution in [0.3, 0.4) is 0 Å². The van der Waals surface area contributed by atoms with E-state index >= 15 is 0 Å². The molecule has 0 bridgehead atoms. The molecule has 23 heavy (non-hydrogen) atoms. The molecule has 0 aliphatic rings. The number of hydrogen-bond acceptors (Lipinski definition) is 7. The Morgan fingerprint density at radius 3 is 2.87 bits per heavy atom. The Morgan fingerprint density at radius 2 is 2.13 bits per heavy atom. The molecule has 0 saturated heterocycles. The summed E-state index contributed by atoms with van der Waals surface area (Å²) in [5.41, 5.74) is 1.21. The molecule has 0 amide bonds. The topological polar surface area (TPSA) is 96.5 Å². The molecule has 0 atom stereocenters. The van der Waals surface area contributed by atoms with Gasteiger partial charge >= 0.3 is 0 Å². The van der Waals surface area contributed by atoms with E-state index < -0.39 is 0 Å². The average Bonchev–Trinajstić information content (AvgIpc) is 2.54. The average molecular weight is 349 g/mol. The van der Waals surface area contributed by atoms with Crippen LogP contribution in [0.5, 0.6) is 0 Å². The number of pyridine rings is 1. The minimum Gasteiger partial charge on any atom is -0.360 e. The van der Waals surface area contributed by atoms with Gasteiger partial charge in [0.15, 0.2) is 11.5 Å². The van der Waals surface area contributed by atoms with Crippen LogP contribution in [0.1, 0.15) is 12.6 Å². The van der Waals surface area contributed by atoms with Gasteiger partial charge < -0.3 is 10.3 Å². The summed E-state index contributed by atoms with van der Waals surface area (Å²) in [4.78, 5) is 32.1. The van der Waals surface area contributed by atoms with Crippen molar-refractivity contribution >= 4 is 40.3 Å². The normalized spacial score (nSPS) is 10.9. The Balaban J connectivity index is 1.77. The number of anilines is 1. The van der Waals surface area contributed by atoms with Crippen molar-refractivity contribution in [1.82, 2.24) is 24.9 Å². The number of aromatic nitrogens is 5.